The van der Waals surface area contributed by atoms with Crippen LogP contribution in [0.1, 0.15) is 104 Å². The fourth-order valence-corrected chi connectivity index (χ4v) is 11.7. The van der Waals surface area contributed by atoms with Crippen LogP contribution in [0.25, 0.3) is 0 Å². The van der Waals surface area contributed by atoms with Crippen molar-refractivity contribution >= 4 is 5.78 Å². The molecule has 0 bridgehead atoms. The van der Waals surface area contributed by atoms with Gasteiger partial charge in [-0.1, -0.05) is 64.4 Å². The van der Waals surface area contributed by atoms with E-state index in [4.69, 9.17) is 4.52 Å². The van der Waals surface area contributed by atoms with Crippen molar-refractivity contribution in [2.24, 2.45) is 51.2 Å². The zero-order chi connectivity index (χ0) is 28.5. The van der Waals surface area contributed by atoms with Gasteiger partial charge in [-0.15, -0.1) is 5.10 Å². The highest BCUT2D eigenvalue weighted by Gasteiger charge is 2.70. The zero-order valence-corrected chi connectivity index (χ0v) is 25.9. The molecule has 3 fully saturated rings. The second kappa shape index (κ2) is 8.19. The Labute approximate surface area is 239 Å². The largest absolute Gasteiger partial charge is 0.361 e. The van der Waals surface area contributed by atoms with E-state index in [1.165, 1.54) is 24.0 Å². The van der Waals surface area contributed by atoms with Crippen LogP contribution in [0, 0.1) is 58.2 Å². The summed E-state index contributed by atoms with van der Waals surface area (Å²) in [6, 6.07) is 0. The molecule has 0 spiro atoms. The average molecular weight is 545 g/mol. The molecule has 7 rings (SSSR count). The monoisotopic (exact) mass is 544 g/mol. The molecule has 0 unspecified atom stereocenters. The minimum atomic E-state index is -0.104. The molecular formula is C34H48N4O2. The number of aryl methyl sites for hydroxylation is 1. The molecule has 0 aliphatic heterocycles. The predicted molar refractivity (Wildman–Crippen MR) is 154 cm³/mol. The Hall–Kier alpha value is -2.24. The first kappa shape index (κ1) is 26.6. The van der Waals surface area contributed by atoms with Crippen LogP contribution in [0.2, 0.25) is 0 Å². The molecule has 0 saturated heterocycles. The quantitative estimate of drug-likeness (QED) is 0.402. The predicted octanol–water partition coefficient (Wildman–Crippen LogP) is 7.13. The Morgan fingerprint density at radius 2 is 1.82 bits per heavy atom. The SMILES string of the molecule is Cc1cn(C[C@]23CC[C@@H](C)[C@H](C)[C@H]2[C@H]2C(=O)C=C4[C@@]5(C)Cc6cnoc6C(C)(C)[C@@H]5CC[C@@]4(C)[C@]2(C)CC3)nn1. The maximum Gasteiger partial charge on any atom is 0.159 e. The van der Waals surface area contributed by atoms with Gasteiger partial charge >= 0.3 is 0 Å². The van der Waals surface area contributed by atoms with E-state index in [0.29, 0.717) is 29.5 Å². The van der Waals surface area contributed by atoms with Crippen molar-refractivity contribution in [3.63, 3.8) is 0 Å². The number of allylic oxidation sites excluding steroid dienone is 2. The topological polar surface area (TPSA) is 73.8 Å². The number of carbonyl (C=O) groups excluding carboxylic acids is 1. The third-order valence-corrected chi connectivity index (χ3v) is 14.0. The molecule has 5 aliphatic rings. The third kappa shape index (κ3) is 3.17. The van der Waals surface area contributed by atoms with Gasteiger partial charge in [-0.2, -0.15) is 0 Å². The molecule has 3 saturated carbocycles. The van der Waals surface area contributed by atoms with Crippen molar-refractivity contribution in [3.05, 3.63) is 41.1 Å². The van der Waals surface area contributed by atoms with Crippen molar-refractivity contribution < 1.29 is 9.32 Å². The molecule has 6 heteroatoms. The summed E-state index contributed by atoms with van der Waals surface area (Å²) in [5, 5.41) is 13.1. The van der Waals surface area contributed by atoms with Crippen LogP contribution in [0.15, 0.2) is 28.6 Å². The van der Waals surface area contributed by atoms with Crippen molar-refractivity contribution in [3.8, 4) is 0 Å². The van der Waals surface area contributed by atoms with Crippen molar-refractivity contribution in [1.29, 1.82) is 0 Å². The summed E-state index contributed by atoms with van der Waals surface area (Å²) in [6.07, 6.45) is 14.1. The van der Waals surface area contributed by atoms with E-state index in [1.807, 2.05) is 13.1 Å². The van der Waals surface area contributed by atoms with Crippen molar-refractivity contribution in [1.82, 2.24) is 20.2 Å². The van der Waals surface area contributed by atoms with Crippen LogP contribution < -0.4 is 0 Å². The molecule has 0 aromatic carbocycles. The Morgan fingerprint density at radius 1 is 1.05 bits per heavy atom. The van der Waals surface area contributed by atoms with Gasteiger partial charge in [0.1, 0.15) is 5.76 Å². The van der Waals surface area contributed by atoms with E-state index in [2.05, 4.69) is 80.9 Å². The second-order valence-corrected chi connectivity index (χ2v) is 16.1. The minimum Gasteiger partial charge on any atom is -0.361 e. The van der Waals surface area contributed by atoms with Gasteiger partial charge < -0.3 is 4.52 Å². The van der Waals surface area contributed by atoms with Crippen LogP contribution in [0.3, 0.4) is 0 Å². The van der Waals surface area contributed by atoms with E-state index in [0.717, 1.165) is 50.1 Å². The molecule has 2 aromatic rings. The lowest BCUT2D eigenvalue weighted by Crippen LogP contribution is -2.66. The number of nitrogens with zero attached hydrogens (tertiary/aromatic N) is 4. The summed E-state index contributed by atoms with van der Waals surface area (Å²) in [6.45, 7) is 20.0. The highest BCUT2D eigenvalue weighted by atomic mass is 16.5. The van der Waals surface area contributed by atoms with Gasteiger partial charge in [0.25, 0.3) is 0 Å². The fourth-order valence-electron chi connectivity index (χ4n) is 11.7. The molecule has 0 radical (unpaired) electrons. The van der Waals surface area contributed by atoms with E-state index < -0.39 is 0 Å². The summed E-state index contributed by atoms with van der Waals surface area (Å²) in [4.78, 5) is 14.8. The minimum absolute atomic E-state index is 0.00200. The molecule has 5 aliphatic carbocycles. The van der Waals surface area contributed by atoms with Crippen molar-refractivity contribution in [2.75, 3.05) is 0 Å². The second-order valence-electron chi connectivity index (χ2n) is 16.1. The van der Waals surface area contributed by atoms with E-state index in [-0.39, 0.29) is 33.0 Å². The molecule has 9 atom stereocenters. The van der Waals surface area contributed by atoms with Crippen LogP contribution in [-0.4, -0.2) is 25.9 Å². The number of hydrogen-bond donors (Lipinski definition) is 0. The normalized spacial score (nSPS) is 45.5. The summed E-state index contributed by atoms with van der Waals surface area (Å²) in [5.41, 5.74) is 3.49. The standard InChI is InChI=1S/C34H48N4O2/c1-20-9-12-34(19-38-18-21(2)36-37-38)14-13-33(8)28(27(34)22(20)3)24(39)15-26-31(6)16-23-17-35-40-29(23)30(4,5)25(31)10-11-32(26,33)7/h15,17-18,20,22,25,27-28H,9-14,16,19H2,1-8H3/t20-,22+,25+,27+,28-,31+,32-,33-,34-/m1/s1. The van der Waals surface area contributed by atoms with Gasteiger partial charge in [-0.05, 0) is 103 Å². The average Bonchev–Trinajstić information content (AvgIpc) is 3.52. The Bertz CT molecular complexity index is 1400. The number of aromatic nitrogens is 4. The number of fused-ring (bicyclic) bond motifs is 8. The van der Waals surface area contributed by atoms with Gasteiger partial charge in [-0.25, -0.2) is 0 Å². The van der Waals surface area contributed by atoms with Crippen molar-refractivity contribution in [2.45, 2.75) is 112 Å². The maximum absolute atomic E-state index is 14.8. The Balaban J connectivity index is 1.36. The molecule has 2 heterocycles. The lowest BCUT2D eigenvalue weighted by molar-refractivity contribution is -0.180. The van der Waals surface area contributed by atoms with Crippen LogP contribution >= 0.6 is 0 Å². The molecule has 40 heavy (non-hydrogen) atoms. The third-order valence-electron chi connectivity index (χ3n) is 14.0. The first-order valence-electron chi connectivity index (χ1n) is 15.8. The molecule has 2 aromatic heterocycles. The van der Waals surface area contributed by atoms with E-state index in [9.17, 15) is 4.79 Å². The number of carbonyl (C=O) groups is 1. The fraction of sp³-hybridized carbons (Fsp3) is 0.765. The summed E-state index contributed by atoms with van der Waals surface area (Å²) in [5.74, 6) is 3.44. The van der Waals surface area contributed by atoms with Crippen LogP contribution in [0.5, 0.6) is 0 Å². The number of rotatable bonds is 2. The van der Waals surface area contributed by atoms with Gasteiger partial charge in [0.05, 0.1) is 11.9 Å². The summed E-state index contributed by atoms with van der Waals surface area (Å²) in [7, 11) is 0. The molecular weight excluding hydrogens is 496 g/mol. The van der Waals surface area contributed by atoms with E-state index in [1.54, 1.807) is 0 Å². The Morgan fingerprint density at radius 3 is 2.55 bits per heavy atom. The summed E-state index contributed by atoms with van der Waals surface area (Å²) < 4.78 is 7.93. The summed E-state index contributed by atoms with van der Waals surface area (Å²) >= 11 is 0. The number of ketones is 1. The van der Waals surface area contributed by atoms with Crippen LogP contribution in [0.4, 0.5) is 0 Å². The molecule has 0 amide bonds. The maximum atomic E-state index is 14.8. The Kier molecular flexibility index (Phi) is 5.46. The molecule has 6 nitrogen and oxygen atoms in total. The van der Waals surface area contributed by atoms with Gasteiger partial charge in [0, 0.05) is 29.6 Å². The molecule has 0 N–H and O–H groups in total. The highest BCUT2D eigenvalue weighted by molar-refractivity contribution is 5.95. The lowest BCUT2D eigenvalue weighted by atomic mass is 9.33. The first-order valence-corrected chi connectivity index (χ1v) is 15.8. The highest BCUT2D eigenvalue weighted by Crippen LogP contribution is 2.74. The zero-order valence-electron chi connectivity index (χ0n) is 25.9. The molecule has 216 valence electrons. The smallest absolute Gasteiger partial charge is 0.159 e. The van der Waals surface area contributed by atoms with Gasteiger partial charge in [-0.3, -0.25) is 9.48 Å². The van der Waals surface area contributed by atoms with E-state index >= 15 is 0 Å². The lowest BCUT2D eigenvalue weighted by Gasteiger charge is -2.70. The first-order chi connectivity index (χ1) is 18.8. The number of hydrogen-bond acceptors (Lipinski definition) is 5. The van der Waals surface area contributed by atoms with Gasteiger partial charge in [0.15, 0.2) is 5.78 Å². The van der Waals surface area contributed by atoms with Crippen LogP contribution in [-0.2, 0) is 23.2 Å². The van der Waals surface area contributed by atoms with Gasteiger partial charge in [0.2, 0.25) is 0 Å².